The minimum absolute atomic E-state index is 0.0486. The molecular weight excluding hydrogens is 336 g/mol. The summed E-state index contributed by atoms with van der Waals surface area (Å²) in [6, 6.07) is 6.64. The van der Waals surface area contributed by atoms with Gasteiger partial charge in [0.05, 0.1) is 12.7 Å². The van der Waals surface area contributed by atoms with Crippen LogP contribution in [0.3, 0.4) is 0 Å². The van der Waals surface area contributed by atoms with Crippen molar-refractivity contribution < 1.29 is 14.6 Å². The van der Waals surface area contributed by atoms with Crippen molar-refractivity contribution in [1.29, 1.82) is 0 Å². The van der Waals surface area contributed by atoms with Gasteiger partial charge >= 0.3 is 0 Å². The standard InChI is InChI=1S/C24H34O3/c1-4-5-14-26-16(2)27-18-7-9-19-17(15-18)6-8-21-20(19)12-13-24(3)22(21)10-11-23(24)25/h7,9-11,15-16,20-23,25H,4-6,8,12-14H2,1-3H3/t16?,20-,21-,22+,23+,24+/m1/s1. The van der Waals surface area contributed by atoms with Gasteiger partial charge < -0.3 is 14.6 Å². The van der Waals surface area contributed by atoms with Gasteiger partial charge in [0, 0.05) is 5.41 Å². The molecule has 1 aromatic carbocycles. The summed E-state index contributed by atoms with van der Waals surface area (Å²) in [5.41, 5.74) is 3.00. The lowest BCUT2D eigenvalue weighted by molar-refractivity contribution is -0.0674. The van der Waals surface area contributed by atoms with Crippen molar-refractivity contribution in [3.05, 3.63) is 41.5 Å². The first-order chi connectivity index (χ1) is 13.0. The Morgan fingerprint density at radius 1 is 1.26 bits per heavy atom. The number of benzene rings is 1. The Kier molecular flexibility index (Phi) is 5.35. The number of aliphatic hydroxyl groups excluding tert-OH is 1. The van der Waals surface area contributed by atoms with E-state index >= 15 is 0 Å². The summed E-state index contributed by atoms with van der Waals surface area (Å²) in [6.45, 7) is 7.18. The summed E-state index contributed by atoms with van der Waals surface area (Å²) >= 11 is 0. The topological polar surface area (TPSA) is 38.7 Å². The highest BCUT2D eigenvalue weighted by molar-refractivity contribution is 5.41. The summed E-state index contributed by atoms with van der Waals surface area (Å²) in [5.74, 6) is 2.72. The third-order valence-corrected chi connectivity index (χ3v) is 7.32. The van der Waals surface area contributed by atoms with Crippen molar-refractivity contribution in [1.82, 2.24) is 0 Å². The summed E-state index contributed by atoms with van der Waals surface area (Å²) < 4.78 is 11.7. The normalized spacial score (nSPS) is 35.3. The smallest absolute Gasteiger partial charge is 0.196 e. The fourth-order valence-corrected chi connectivity index (χ4v) is 5.68. The van der Waals surface area contributed by atoms with Gasteiger partial charge in [-0.25, -0.2) is 0 Å². The van der Waals surface area contributed by atoms with E-state index in [1.165, 1.54) is 24.0 Å². The van der Waals surface area contributed by atoms with E-state index in [0.29, 0.717) is 17.8 Å². The van der Waals surface area contributed by atoms with Crippen molar-refractivity contribution in [2.24, 2.45) is 17.3 Å². The fraction of sp³-hybridized carbons (Fsp3) is 0.667. The number of ether oxygens (including phenoxy) is 2. The lowest BCUT2D eigenvalue weighted by Crippen LogP contribution is -2.44. The number of unbranched alkanes of at least 4 members (excludes halogenated alkanes) is 1. The van der Waals surface area contributed by atoms with E-state index in [-0.39, 0.29) is 17.8 Å². The Morgan fingerprint density at radius 2 is 2.11 bits per heavy atom. The minimum atomic E-state index is -0.269. The zero-order valence-corrected chi connectivity index (χ0v) is 17.0. The number of rotatable bonds is 6. The highest BCUT2D eigenvalue weighted by atomic mass is 16.7. The number of aliphatic hydroxyl groups is 1. The summed E-state index contributed by atoms with van der Waals surface area (Å²) in [5, 5.41) is 10.5. The Morgan fingerprint density at radius 3 is 2.93 bits per heavy atom. The Balaban J connectivity index is 1.47. The molecule has 1 aromatic rings. The first-order valence-corrected chi connectivity index (χ1v) is 10.8. The quantitative estimate of drug-likeness (QED) is 0.424. The fourth-order valence-electron chi connectivity index (χ4n) is 5.68. The van der Waals surface area contributed by atoms with Crippen molar-refractivity contribution in [2.45, 2.75) is 77.6 Å². The number of allylic oxidation sites excluding steroid dienone is 1. The van der Waals surface area contributed by atoms with E-state index in [4.69, 9.17) is 9.47 Å². The molecule has 1 unspecified atom stereocenters. The summed E-state index contributed by atoms with van der Waals surface area (Å²) in [7, 11) is 0. The zero-order chi connectivity index (χ0) is 19.0. The van der Waals surface area contributed by atoms with Crippen LogP contribution in [0.1, 0.15) is 69.9 Å². The van der Waals surface area contributed by atoms with Gasteiger partial charge in [0.1, 0.15) is 5.75 Å². The van der Waals surface area contributed by atoms with Gasteiger partial charge in [-0.3, -0.25) is 0 Å². The van der Waals surface area contributed by atoms with Gasteiger partial charge in [0.15, 0.2) is 6.29 Å². The highest BCUT2D eigenvalue weighted by Crippen LogP contribution is 2.58. The highest BCUT2D eigenvalue weighted by Gasteiger charge is 2.52. The van der Waals surface area contributed by atoms with Crippen LogP contribution in [0.15, 0.2) is 30.4 Å². The Hall–Kier alpha value is -1.32. The molecule has 0 aliphatic heterocycles. The molecule has 0 spiro atoms. The molecule has 1 saturated carbocycles. The molecule has 0 radical (unpaired) electrons. The van der Waals surface area contributed by atoms with E-state index in [1.807, 2.05) is 13.0 Å². The molecule has 0 heterocycles. The molecule has 0 saturated heterocycles. The second-order valence-corrected chi connectivity index (χ2v) is 8.98. The second-order valence-electron chi connectivity index (χ2n) is 8.98. The molecule has 3 nitrogen and oxygen atoms in total. The van der Waals surface area contributed by atoms with Gasteiger partial charge in [0.25, 0.3) is 0 Å². The molecule has 1 N–H and O–H groups in total. The van der Waals surface area contributed by atoms with Crippen LogP contribution in [0.4, 0.5) is 0 Å². The van der Waals surface area contributed by atoms with Crippen molar-refractivity contribution in [2.75, 3.05) is 6.61 Å². The number of hydrogen-bond acceptors (Lipinski definition) is 3. The second kappa shape index (κ2) is 7.60. The molecule has 148 valence electrons. The van der Waals surface area contributed by atoms with Crippen LogP contribution in [0.2, 0.25) is 0 Å². The van der Waals surface area contributed by atoms with Gasteiger partial charge in [-0.1, -0.05) is 38.5 Å². The molecule has 4 rings (SSSR count). The monoisotopic (exact) mass is 370 g/mol. The van der Waals surface area contributed by atoms with Crippen molar-refractivity contribution in [3.8, 4) is 5.75 Å². The largest absolute Gasteiger partial charge is 0.465 e. The average Bonchev–Trinajstić information content (AvgIpc) is 2.96. The SMILES string of the molecule is CCCCOC(C)Oc1ccc2c(c1)CC[C@@H]1[C@@H]2CC[C@]2(C)[C@@H](O)C=C[C@@H]12. The van der Waals surface area contributed by atoms with Gasteiger partial charge in [0.2, 0.25) is 0 Å². The number of fused-ring (bicyclic) bond motifs is 5. The Labute approximate surface area is 163 Å². The predicted molar refractivity (Wildman–Crippen MR) is 108 cm³/mol. The van der Waals surface area contributed by atoms with E-state index in [1.54, 1.807) is 0 Å². The molecule has 0 aromatic heterocycles. The third-order valence-electron chi connectivity index (χ3n) is 7.32. The molecular formula is C24H34O3. The number of aryl methyl sites for hydroxylation is 1. The molecule has 3 heteroatoms. The average molecular weight is 371 g/mol. The van der Waals surface area contributed by atoms with Crippen LogP contribution >= 0.6 is 0 Å². The maximum absolute atomic E-state index is 10.5. The van der Waals surface area contributed by atoms with E-state index < -0.39 is 0 Å². The Bertz CT molecular complexity index is 697. The maximum atomic E-state index is 10.5. The number of hydrogen-bond donors (Lipinski definition) is 1. The molecule has 3 aliphatic carbocycles. The molecule has 3 aliphatic rings. The molecule has 0 amide bonds. The van der Waals surface area contributed by atoms with Crippen molar-refractivity contribution in [3.63, 3.8) is 0 Å². The van der Waals surface area contributed by atoms with Crippen LogP contribution < -0.4 is 4.74 Å². The molecule has 1 fully saturated rings. The molecule has 6 atom stereocenters. The van der Waals surface area contributed by atoms with E-state index in [2.05, 4.69) is 38.1 Å². The lowest BCUT2D eigenvalue weighted by Gasteiger charge is -2.50. The third kappa shape index (κ3) is 3.45. The zero-order valence-electron chi connectivity index (χ0n) is 17.0. The van der Waals surface area contributed by atoms with Crippen molar-refractivity contribution >= 4 is 0 Å². The van der Waals surface area contributed by atoms with Crippen LogP contribution in [0.5, 0.6) is 5.75 Å². The maximum Gasteiger partial charge on any atom is 0.196 e. The first-order valence-electron chi connectivity index (χ1n) is 10.8. The van der Waals surface area contributed by atoms with Gasteiger partial charge in [-0.2, -0.15) is 0 Å². The minimum Gasteiger partial charge on any atom is -0.465 e. The van der Waals surface area contributed by atoms with Gasteiger partial charge in [-0.05, 0) is 80.0 Å². The first kappa shape index (κ1) is 19.0. The van der Waals surface area contributed by atoms with Crippen LogP contribution in [-0.4, -0.2) is 24.1 Å². The van der Waals surface area contributed by atoms with E-state index in [9.17, 15) is 5.11 Å². The lowest BCUT2D eigenvalue weighted by atomic mass is 9.55. The predicted octanol–water partition coefficient (Wildman–Crippen LogP) is 5.22. The molecule has 0 bridgehead atoms. The van der Waals surface area contributed by atoms with Gasteiger partial charge in [-0.15, -0.1) is 0 Å². The van der Waals surface area contributed by atoms with Crippen LogP contribution in [-0.2, 0) is 11.2 Å². The summed E-state index contributed by atoms with van der Waals surface area (Å²) in [4.78, 5) is 0. The van der Waals surface area contributed by atoms with Crippen LogP contribution in [0, 0.1) is 17.3 Å². The van der Waals surface area contributed by atoms with E-state index in [0.717, 1.165) is 38.0 Å². The molecule has 27 heavy (non-hydrogen) atoms. The summed E-state index contributed by atoms with van der Waals surface area (Å²) in [6.07, 6.45) is 10.7. The van der Waals surface area contributed by atoms with Crippen LogP contribution in [0.25, 0.3) is 0 Å².